The number of nitrogens with zero attached hydrogens (tertiary/aromatic N) is 1. The Morgan fingerprint density at radius 2 is 2.21 bits per heavy atom. The van der Waals surface area contributed by atoms with Gasteiger partial charge in [0.15, 0.2) is 0 Å². The molecule has 1 atom stereocenters. The first-order valence-electron chi connectivity index (χ1n) is 8.31. The summed E-state index contributed by atoms with van der Waals surface area (Å²) in [5.74, 6) is 0.0944. The molecule has 0 fully saturated rings. The highest BCUT2D eigenvalue weighted by Crippen LogP contribution is 2.29. The first-order valence-corrected chi connectivity index (χ1v) is 8.31. The van der Waals surface area contributed by atoms with Crippen LogP contribution in [0, 0.1) is 18.7 Å². The molecular weight excluding hydrogens is 297 g/mol. The van der Waals surface area contributed by atoms with Crippen molar-refractivity contribution in [3.63, 3.8) is 0 Å². The maximum absolute atomic E-state index is 13.5. The monoisotopic (exact) mass is 322 g/mol. The fourth-order valence-electron chi connectivity index (χ4n) is 2.88. The molecule has 0 radical (unpaired) electrons. The third-order valence-electron chi connectivity index (χ3n) is 4.50. The molecule has 0 aliphatic heterocycles. The van der Waals surface area contributed by atoms with Crippen LogP contribution in [-0.4, -0.2) is 11.3 Å². The molecule has 0 saturated carbocycles. The van der Waals surface area contributed by atoms with Crippen LogP contribution in [0.1, 0.15) is 31.7 Å². The topological polar surface area (TPSA) is 3.01 Å². The number of halogens is 1. The summed E-state index contributed by atoms with van der Waals surface area (Å²) in [7, 11) is 0. The van der Waals surface area contributed by atoms with E-state index in [9.17, 15) is 4.39 Å². The van der Waals surface area contributed by atoms with Gasteiger partial charge in [-0.2, -0.15) is 4.58 Å². The third kappa shape index (κ3) is 3.90. The summed E-state index contributed by atoms with van der Waals surface area (Å²) >= 11 is 0. The lowest BCUT2D eigenvalue weighted by atomic mass is 9.85. The predicted octanol–water partition coefficient (Wildman–Crippen LogP) is 6.01. The van der Waals surface area contributed by atoms with Crippen molar-refractivity contribution >= 4 is 12.4 Å². The summed E-state index contributed by atoms with van der Waals surface area (Å²) < 4.78 is 15.3. The Hall–Kier alpha value is -2.44. The summed E-state index contributed by atoms with van der Waals surface area (Å²) in [5.41, 5.74) is 8.04. The zero-order valence-electron chi connectivity index (χ0n) is 14.6. The van der Waals surface area contributed by atoms with Crippen molar-refractivity contribution in [3.8, 4) is 0 Å². The van der Waals surface area contributed by atoms with Gasteiger partial charge in [-0.3, -0.25) is 0 Å². The van der Waals surface area contributed by atoms with E-state index in [1.807, 2.05) is 16.7 Å². The Morgan fingerprint density at radius 3 is 2.83 bits per heavy atom. The number of hydrogen-bond donors (Lipinski definition) is 0. The smallest absolute Gasteiger partial charge is 0.207 e. The van der Waals surface area contributed by atoms with Gasteiger partial charge < -0.3 is 0 Å². The van der Waals surface area contributed by atoms with Crippen LogP contribution in [0.15, 0.2) is 72.2 Å². The van der Waals surface area contributed by atoms with E-state index in [1.54, 1.807) is 19.1 Å². The van der Waals surface area contributed by atoms with Crippen LogP contribution in [0.3, 0.4) is 0 Å². The molecule has 1 nitrogen and oxygen atoms in total. The van der Waals surface area contributed by atoms with Crippen LogP contribution < -0.4 is 0 Å². The molecule has 0 bridgehead atoms. The van der Waals surface area contributed by atoms with Crippen molar-refractivity contribution in [2.24, 2.45) is 5.92 Å². The van der Waals surface area contributed by atoms with E-state index in [0.29, 0.717) is 11.5 Å². The Bertz CT molecular complexity index is 773. The molecule has 1 aliphatic rings. The van der Waals surface area contributed by atoms with Crippen molar-refractivity contribution in [2.45, 2.75) is 33.1 Å². The highest BCUT2D eigenvalue weighted by Gasteiger charge is 2.18. The van der Waals surface area contributed by atoms with E-state index in [4.69, 9.17) is 0 Å². The standard InChI is InChI=1S/C22H25FN/c1-6-16(3)21-10-8-9-19(12-11-18(21)7-2)24(5)20-13-14-22(23)17(4)15-20/h7,9,12-15,21H,2-3,5-6,8,10H2,1,4H3/q+1. The third-order valence-corrected chi connectivity index (χ3v) is 4.50. The van der Waals surface area contributed by atoms with E-state index in [1.165, 1.54) is 11.6 Å². The number of benzene rings is 1. The second-order valence-electron chi connectivity index (χ2n) is 6.08. The second-order valence-corrected chi connectivity index (χ2v) is 6.08. The molecule has 0 spiro atoms. The van der Waals surface area contributed by atoms with Gasteiger partial charge in [-0.15, -0.1) is 5.73 Å². The summed E-state index contributed by atoms with van der Waals surface area (Å²) in [5, 5.41) is 0. The van der Waals surface area contributed by atoms with Gasteiger partial charge in [0.2, 0.25) is 11.4 Å². The fourth-order valence-corrected chi connectivity index (χ4v) is 2.88. The quantitative estimate of drug-likeness (QED) is 0.270. The summed E-state index contributed by atoms with van der Waals surface area (Å²) in [6.07, 6.45) is 8.79. The van der Waals surface area contributed by atoms with Gasteiger partial charge in [0.1, 0.15) is 12.5 Å². The number of hydrogen-bond acceptors (Lipinski definition) is 0. The first-order chi connectivity index (χ1) is 11.5. The molecule has 0 saturated heterocycles. The van der Waals surface area contributed by atoms with Gasteiger partial charge >= 0.3 is 0 Å². The van der Waals surface area contributed by atoms with E-state index < -0.39 is 0 Å². The lowest BCUT2D eigenvalue weighted by molar-refractivity contribution is -0.367. The summed E-state index contributed by atoms with van der Waals surface area (Å²) in [4.78, 5) is 0. The maximum atomic E-state index is 13.5. The predicted molar refractivity (Wildman–Crippen MR) is 100 cm³/mol. The minimum absolute atomic E-state index is 0.205. The molecule has 24 heavy (non-hydrogen) atoms. The normalized spacial score (nSPS) is 17.4. The van der Waals surface area contributed by atoms with E-state index in [-0.39, 0.29) is 5.82 Å². The molecule has 1 aromatic carbocycles. The Morgan fingerprint density at radius 1 is 1.46 bits per heavy atom. The molecule has 124 valence electrons. The average Bonchev–Trinajstić information content (AvgIpc) is 2.56. The van der Waals surface area contributed by atoms with Gasteiger partial charge in [-0.1, -0.05) is 31.7 Å². The van der Waals surface area contributed by atoms with Crippen LogP contribution in [-0.2, 0) is 0 Å². The molecular formula is C22H25FN+. The largest absolute Gasteiger partial charge is 0.214 e. The van der Waals surface area contributed by atoms with Crippen molar-refractivity contribution < 1.29 is 8.97 Å². The first kappa shape index (κ1) is 17.9. The lowest BCUT2D eigenvalue weighted by Crippen LogP contribution is -2.08. The van der Waals surface area contributed by atoms with Crippen LogP contribution in [0.4, 0.5) is 10.1 Å². The molecule has 0 aromatic heterocycles. The van der Waals surface area contributed by atoms with Crippen LogP contribution in [0.25, 0.3) is 0 Å². The zero-order valence-corrected chi connectivity index (χ0v) is 14.6. The Balaban J connectivity index is 2.37. The van der Waals surface area contributed by atoms with Crippen molar-refractivity contribution in [2.75, 3.05) is 0 Å². The Labute approximate surface area is 144 Å². The minimum Gasteiger partial charge on any atom is -0.207 e. The van der Waals surface area contributed by atoms with Crippen molar-refractivity contribution in [1.29, 1.82) is 0 Å². The number of rotatable bonds is 5. The van der Waals surface area contributed by atoms with Crippen molar-refractivity contribution in [3.05, 3.63) is 83.5 Å². The zero-order chi connectivity index (χ0) is 17.7. The average molecular weight is 322 g/mol. The molecule has 0 heterocycles. The van der Waals surface area contributed by atoms with E-state index >= 15 is 0 Å². The lowest BCUT2D eigenvalue weighted by Gasteiger charge is -2.19. The van der Waals surface area contributed by atoms with Crippen molar-refractivity contribution in [1.82, 2.24) is 0 Å². The fraction of sp³-hybridized carbons (Fsp3) is 0.273. The van der Waals surface area contributed by atoms with Gasteiger partial charge in [-0.05, 0) is 43.9 Å². The van der Waals surface area contributed by atoms with Crippen LogP contribution >= 0.6 is 0 Å². The summed E-state index contributed by atoms with van der Waals surface area (Å²) in [6, 6.07) is 5.01. The molecule has 0 N–H and O–H groups in total. The minimum atomic E-state index is -0.205. The summed E-state index contributed by atoms with van der Waals surface area (Å²) in [6.45, 7) is 16.1. The maximum Gasteiger partial charge on any atom is 0.214 e. The van der Waals surface area contributed by atoms with Gasteiger partial charge in [0, 0.05) is 23.6 Å². The Kier molecular flexibility index (Phi) is 5.89. The second kappa shape index (κ2) is 7.90. The number of aryl methyl sites for hydroxylation is 1. The van der Waals surface area contributed by atoms with Crippen LogP contribution in [0.5, 0.6) is 0 Å². The molecule has 1 unspecified atom stereocenters. The highest BCUT2D eigenvalue weighted by molar-refractivity contribution is 5.41. The SMILES string of the molecule is C=CC1=C=CC([N+](=C)c2ccc(F)c(C)c2)=CCCC1C(=C)CC. The van der Waals surface area contributed by atoms with Gasteiger partial charge in [0.05, 0.1) is 6.08 Å². The van der Waals surface area contributed by atoms with Gasteiger partial charge in [-0.25, -0.2) is 4.39 Å². The highest BCUT2D eigenvalue weighted by atomic mass is 19.1. The van der Waals surface area contributed by atoms with Crippen LogP contribution in [0.2, 0.25) is 0 Å². The number of allylic oxidation sites excluding steroid dienone is 4. The molecule has 1 aliphatic carbocycles. The molecule has 2 heteroatoms. The molecule has 2 rings (SSSR count). The molecule has 1 aromatic rings. The van der Waals surface area contributed by atoms with Gasteiger partial charge in [0.25, 0.3) is 0 Å². The molecule has 0 amide bonds. The van der Waals surface area contributed by atoms with E-state index in [2.05, 4.69) is 38.6 Å². The van der Waals surface area contributed by atoms with E-state index in [0.717, 1.165) is 36.2 Å².